The summed E-state index contributed by atoms with van der Waals surface area (Å²) in [6, 6.07) is 7.01. The number of hydrogen-bond acceptors (Lipinski definition) is 9. The predicted molar refractivity (Wildman–Crippen MR) is 129 cm³/mol. The normalized spacial score (nSPS) is 11.4. The van der Waals surface area contributed by atoms with Crippen molar-refractivity contribution in [3.63, 3.8) is 0 Å². The van der Waals surface area contributed by atoms with Gasteiger partial charge in [0.25, 0.3) is 5.91 Å². The molecule has 182 valence electrons. The molecule has 12 nitrogen and oxygen atoms in total. The molecule has 5 heterocycles. The van der Waals surface area contributed by atoms with E-state index in [2.05, 4.69) is 20.1 Å². The topological polar surface area (TPSA) is 136 Å². The van der Waals surface area contributed by atoms with E-state index in [0.717, 1.165) is 15.6 Å². The van der Waals surface area contributed by atoms with Gasteiger partial charge in [0.15, 0.2) is 11.5 Å². The molecule has 12 heteroatoms. The molecule has 0 aliphatic rings. The maximum absolute atomic E-state index is 13.6. The van der Waals surface area contributed by atoms with Crippen molar-refractivity contribution in [3.8, 4) is 17.1 Å². The van der Waals surface area contributed by atoms with Crippen molar-refractivity contribution in [2.45, 2.75) is 6.92 Å². The van der Waals surface area contributed by atoms with Crippen LogP contribution in [0.4, 0.5) is 0 Å². The second-order valence-electron chi connectivity index (χ2n) is 8.00. The Bertz CT molecular complexity index is 1700. The van der Waals surface area contributed by atoms with Gasteiger partial charge in [-0.15, -0.1) is 0 Å². The van der Waals surface area contributed by atoms with Crippen LogP contribution in [0, 0.1) is 6.92 Å². The Labute approximate surface area is 203 Å². The van der Waals surface area contributed by atoms with Crippen LogP contribution in [0.3, 0.4) is 0 Å². The lowest BCUT2D eigenvalue weighted by molar-refractivity contribution is 0.0762. The molecule has 5 rings (SSSR count). The summed E-state index contributed by atoms with van der Waals surface area (Å²) in [5.41, 5.74) is 2.16. The van der Waals surface area contributed by atoms with Gasteiger partial charge in [0.1, 0.15) is 24.4 Å². The number of ether oxygens (including phenoxy) is 2. The molecule has 0 aliphatic heterocycles. The van der Waals surface area contributed by atoms with Crippen molar-refractivity contribution in [2.24, 2.45) is 0 Å². The number of Topliss-reactive ketones (excluding diaryl/α,β-unsaturated/α-hetero) is 1. The Morgan fingerprint density at radius 2 is 1.83 bits per heavy atom. The molecule has 0 atom stereocenters. The second kappa shape index (κ2) is 9.24. The third-order valence-electron chi connectivity index (χ3n) is 5.59. The van der Waals surface area contributed by atoms with Gasteiger partial charge in [-0.1, -0.05) is 0 Å². The zero-order chi connectivity index (χ0) is 25.4. The van der Waals surface area contributed by atoms with Gasteiger partial charge in [0, 0.05) is 26.6 Å². The summed E-state index contributed by atoms with van der Waals surface area (Å²) in [6.07, 6.45) is 6.29. The van der Waals surface area contributed by atoms with E-state index in [0.29, 0.717) is 11.4 Å². The van der Waals surface area contributed by atoms with Gasteiger partial charge in [-0.05, 0) is 36.8 Å². The number of methoxy groups -OCH3 is 2. The molecule has 0 fully saturated rings. The van der Waals surface area contributed by atoms with E-state index in [-0.39, 0.29) is 35.8 Å². The van der Waals surface area contributed by atoms with E-state index < -0.39 is 17.4 Å². The Balaban J connectivity index is 1.81. The SMILES string of the molecule is COCC(=O)c1ncccc1-n1c(=O)n(C(=O)COC)c2cnc(-c3cnn4ccc(C)cc34)nc21. The number of nitrogens with zero attached hydrogens (tertiary/aromatic N) is 7. The van der Waals surface area contributed by atoms with Crippen molar-refractivity contribution in [1.82, 2.24) is 33.7 Å². The molecule has 0 spiro atoms. The standard InChI is InChI=1S/C24H21N7O5/c1-14-6-8-29-17(9-14)15(10-27-29)22-26-11-18-23(28-22)31(24(34)30(18)20(33)13-36-3)16-5-4-7-25-21(16)19(32)12-35-2/h4-11H,12-13H2,1-3H3. The molecule has 0 saturated heterocycles. The van der Waals surface area contributed by atoms with Crippen LogP contribution in [-0.4, -0.2) is 72.8 Å². The molecule has 0 amide bonds. The van der Waals surface area contributed by atoms with E-state index in [1.807, 2.05) is 25.3 Å². The van der Waals surface area contributed by atoms with E-state index in [9.17, 15) is 14.4 Å². The first-order chi connectivity index (χ1) is 17.4. The number of aryl methyl sites for hydroxylation is 1. The van der Waals surface area contributed by atoms with Crippen molar-refractivity contribution in [1.29, 1.82) is 0 Å². The molecule has 36 heavy (non-hydrogen) atoms. The minimum absolute atomic E-state index is 0.00598. The number of fused-ring (bicyclic) bond motifs is 2. The van der Waals surface area contributed by atoms with Crippen LogP contribution in [-0.2, 0) is 9.47 Å². The lowest BCUT2D eigenvalue weighted by Gasteiger charge is -2.08. The fourth-order valence-electron chi connectivity index (χ4n) is 4.01. The molecule has 0 unspecified atom stereocenters. The number of aromatic nitrogens is 7. The van der Waals surface area contributed by atoms with Gasteiger partial charge >= 0.3 is 5.69 Å². The van der Waals surface area contributed by atoms with Crippen molar-refractivity contribution < 1.29 is 19.1 Å². The lowest BCUT2D eigenvalue weighted by atomic mass is 10.2. The van der Waals surface area contributed by atoms with Crippen LogP contribution in [0.5, 0.6) is 0 Å². The first-order valence-electron chi connectivity index (χ1n) is 10.9. The molecule has 0 saturated carbocycles. The average Bonchev–Trinajstić information content (AvgIpc) is 3.41. The number of rotatable bonds is 7. The van der Waals surface area contributed by atoms with Crippen LogP contribution in [0.1, 0.15) is 20.8 Å². The highest BCUT2D eigenvalue weighted by molar-refractivity contribution is 5.99. The molecule has 0 aromatic carbocycles. The van der Waals surface area contributed by atoms with Gasteiger partial charge in [-0.2, -0.15) is 5.10 Å². The molecule has 0 aliphatic carbocycles. The zero-order valence-electron chi connectivity index (χ0n) is 19.7. The fraction of sp³-hybridized carbons (Fsp3) is 0.208. The van der Waals surface area contributed by atoms with Crippen molar-refractivity contribution >= 4 is 28.4 Å². The van der Waals surface area contributed by atoms with Gasteiger partial charge in [-0.3, -0.25) is 14.6 Å². The largest absolute Gasteiger partial charge is 0.376 e. The third kappa shape index (κ3) is 3.78. The minimum Gasteiger partial charge on any atom is -0.376 e. The highest BCUT2D eigenvalue weighted by Crippen LogP contribution is 2.25. The summed E-state index contributed by atoms with van der Waals surface area (Å²) in [7, 11) is 2.74. The Kier molecular flexibility index (Phi) is 5.96. The summed E-state index contributed by atoms with van der Waals surface area (Å²) < 4.78 is 13.7. The van der Waals surface area contributed by atoms with Crippen LogP contribution in [0.25, 0.3) is 33.8 Å². The molecular weight excluding hydrogens is 466 g/mol. The van der Waals surface area contributed by atoms with Crippen molar-refractivity contribution in [3.05, 3.63) is 70.8 Å². The van der Waals surface area contributed by atoms with Gasteiger partial charge in [0.2, 0.25) is 5.78 Å². The van der Waals surface area contributed by atoms with E-state index in [4.69, 9.17) is 9.47 Å². The van der Waals surface area contributed by atoms with E-state index in [1.54, 1.807) is 22.8 Å². The molecule has 5 aromatic rings. The first kappa shape index (κ1) is 23.2. The molecule has 0 bridgehead atoms. The molecule has 0 radical (unpaired) electrons. The number of hydrogen-bond donors (Lipinski definition) is 0. The van der Waals surface area contributed by atoms with Gasteiger partial charge in [-0.25, -0.2) is 28.4 Å². The first-order valence-corrected chi connectivity index (χ1v) is 10.9. The maximum atomic E-state index is 13.6. The second-order valence-corrected chi connectivity index (χ2v) is 8.00. The summed E-state index contributed by atoms with van der Waals surface area (Å²) in [4.78, 5) is 52.4. The fourth-order valence-corrected chi connectivity index (χ4v) is 4.01. The smallest absolute Gasteiger partial charge is 0.342 e. The van der Waals surface area contributed by atoms with Crippen molar-refractivity contribution in [2.75, 3.05) is 27.4 Å². The van der Waals surface area contributed by atoms with E-state index in [1.165, 1.54) is 31.2 Å². The van der Waals surface area contributed by atoms with E-state index >= 15 is 0 Å². The van der Waals surface area contributed by atoms with Gasteiger partial charge in [0.05, 0.1) is 29.2 Å². The summed E-state index contributed by atoms with van der Waals surface area (Å²) in [6.45, 7) is 1.39. The molecular formula is C24H21N7O5. The minimum atomic E-state index is -0.728. The number of carbonyl (C=O) groups is 2. The number of pyridine rings is 2. The quantitative estimate of drug-likeness (QED) is 0.314. The highest BCUT2D eigenvalue weighted by atomic mass is 16.5. The number of imidazole rings is 1. The summed E-state index contributed by atoms with van der Waals surface area (Å²) >= 11 is 0. The zero-order valence-corrected chi connectivity index (χ0v) is 19.7. The summed E-state index contributed by atoms with van der Waals surface area (Å²) in [5, 5.41) is 4.35. The predicted octanol–water partition coefficient (Wildman–Crippen LogP) is 1.72. The Morgan fingerprint density at radius 3 is 2.61 bits per heavy atom. The molecule has 5 aromatic heterocycles. The van der Waals surface area contributed by atoms with Crippen LogP contribution < -0.4 is 5.69 Å². The van der Waals surface area contributed by atoms with Crippen LogP contribution in [0.2, 0.25) is 0 Å². The summed E-state index contributed by atoms with van der Waals surface area (Å²) in [5.74, 6) is -0.749. The Morgan fingerprint density at radius 1 is 1.03 bits per heavy atom. The van der Waals surface area contributed by atoms with Crippen LogP contribution in [0.15, 0.2) is 53.8 Å². The molecule has 0 N–H and O–H groups in total. The third-order valence-corrected chi connectivity index (χ3v) is 5.59. The van der Waals surface area contributed by atoms with Crippen LogP contribution >= 0.6 is 0 Å². The Hall–Kier alpha value is -4.55. The monoisotopic (exact) mass is 487 g/mol. The number of ketones is 1. The average molecular weight is 487 g/mol. The lowest BCUT2D eigenvalue weighted by Crippen LogP contribution is -2.31. The van der Waals surface area contributed by atoms with Gasteiger partial charge < -0.3 is 9.47 Å². The maximum Gasteiger partial charge on any atom is 0.342 e. The number of carbonyl (C=O) groups excluding carboxylic acids is 2. The highest BCUT2D eigenvalue weighted by Gasteiger charge is 2.25.